The third-order valence-corrected chi connectivity index (χ3v) is 1.77. The molecule has 1 N–H and O–H groups in total. The number of hydrogen-bond acceptors (Lipinski definition) is 3. The normalized spacial score (nSPS) is 12.9. The van der Waals surface area contributed by atoms with Crippen LogP contribution >= 0.6 is 11.8 Å². The van der Waals surface area contributed by atoms with Crippen LogP contribution in [0.15, 0.2) is 11.1 Å². The van der Waals surface area contributed by atoms with E-state index in [1.807, 2.05) is 0 Å². The Morgan fingerprint density at radius 2 is 2.00 bits per heavy atom. The van der Waals surface area contributed by atoms with Crippen molar-refractivity contribution in [2.75, 3.05) is 13.3 Å². The Labute approximate surface area is 72.2 Å². The number of alkyl halides is 3. The zero-order valence-electron chi connectivity index (χ0n) is 6.53. The van der Waals surface area contributed by atoms with Crippen LogP contribution in [-0.4, -0.2) is 25.3 Å². The summed E-state index contributed by atoms with van der Waals surface area (Å²) in [6.45, 7) is 0. The summed E-state index contributed by atoms with van der Waals surface area (Å²) in [5.41, 5.74) is 0. The average molecular weight is 199 g/mol. The molecule has 0 saturated carbocycles. The van der Waals surface area contributed by atoms with Crippen molar-refractivity contribution in [1.82, 2.24) is 5.32 Å². The summed E-state index contributed by atoms with van der Waals surface area (Å²) >= 11 is 1.04. The van der Waals surface area contributed by atoms with Crippen molar-refractivity contribution >= 4 is 17.5 Å². The van der Waals surface area contributed by atoms with E-state index in [1.165, 1.54) is 7.05 Å². The largest absolute Gasteiger partial charge is 0.454 e. The molecule has 0 fully saturated rings. The van der Waals surface area contributed by atoms with Crippen LogP contribution in [0.1, 0.15) is 0 Å². The average Bonchev–Trinajstić information content (AvgIpc) is 1.97. The molecule has 0 heterocycles. The van der Waals surface area contributed by atoms with Crippen molar-refractivity contribution in [3.8, 4) is 0 Å². The number of carbonyl (C=O) groups is 1. The maximum atomic E-state index is 11.7. The van der Waals surface area contributed by atoms with E-state index in [4.69, 9.17) is 0 Å². The molecule has 2 nitrogen and oxygen atoms in total. The third-order valence-electron chi connectivity index (χ3n) is 1.01. The molecular formula is C6H8F3NOS. The maximum absolute atomic E-state index is 11.7. The Kier molecular flexibility index (Phi) is 4.16. The number of hydrogen-bond donors (Lipinski definition) is 1. The van der Waals surface area contributed by atoms with Gasteiger partial charge >= 0.3 is 6.18 Å². The fraction of sp³-hybridized carbons (Fsp3) is 0.500. The van der Waals surface area contributed by atoms with Gasteiger partial charge in [0.1, 0.15) is 0 Å². The molecular weight excluding hydrogens is 191 g/mol. The summed E-state index contributed by atoms with van der Waals surface area (Å²) < 4.78 is 35.0. The number of nitrogens with one attached hydrogen (secondary N) is 1. The molecule has 0 atom stereocenters. The minimum Gasteiger partial charge on any atom is -0.383 e. The third kappa shape index (κ3) is 3.66. The zero-order valence-corrected chi connectivity index (χ0v) is 7.34. The second-order valence-corrected chi connectivity index (χ2v) is 2.67. The van der Waals surface area contributed by atoms with Gasteiger partial charge in [0.05, 0.1) is 5.03 Å². The lowest BCUT2D eigenvalue weighted by molar-refractivity contribution is -0.165. The van der Waals surface area contributed by atoms with E-state index in [0.29, 0.717) is 6.08 Å². The maximum Gasteiger partial charge on any atom is 0.454 e. The first kappa shape index (κ1) is 11.4. The van der Waals surface area contributed by atoms with Crippen LogP contribution in [0, 0.1) is 0 Å². The Balaban J connectivity index is 4.42. The van der Waals surface area contributed by atoms with Crippen LogP contribution in [0.5, 0.6) is 0 Å². The highest BCUT2D eigenvalue weighted by Crippen LogP contribution is 2.18. The van der Waals surface area contributed by atoms with Crippen molar-refractivity contribution < 1.29 is 18.0 Å². The highest BCUT2D eigenvalue weighted by molar-refractivity contribution is 8.02. The molecule has 0 aromatic heterocycles. The van der Waals surface area contributed by atoms with E-state index in [9.17, 15) is 18.0 Å². The van der Waals surface area contributed by atoms with Crippen molar-refractivity contribution in [3.05, 3.63) is 11.1 Å². The van der Waals surface area contributed by atoms with Gasteiger partial charge in [-0.3, -0.25) is 4.79 Å². The van der Waals surface area contributed by atoms with E-state index in [2.05, 4.69) is 5.32 Å². The van der Waals surface area contributed by atoms with Gasteiger partial charge in [-0.15, -0.1) is 11.8 Å². The topological polar surface area (TPSA) is 29.1 Å². The first-order chi connectivity index (χ1) is 5.41. The van der Waals surface area contributed by atoms with Gasteiger partial charge in [0.25, 0.3) is 5.78 Å². The van der Waals surface area contributed by atoms with Crippen LogP contribution in [0.3, 0.4) is 0 Å². The molecule has 0 rings (SSSR count). The van der Waals surface area contributed by atoms with Crippen LogP contribution < -0.4 is 5.32 Å². The Hall–Kier alpha value is -0.650. The molecule has 0 aromatic rings. The van der Waals surface area contributed by atoms with Crippen molar-refractivity contribution in [1.29, 1.82) is 0 Å². The van der Waals surface area contributed by atoms with Gasteiger partial charge in [-0.05, 0) is 6.26 Å². The minimum atomic E-state index is -4.78. The molecule has 0 saturated heterocycles. The summed E-state index contributed by atoms with van der Waals surface area (Å²) in [6.07, 6.45) is -2.67. The number of rotatable bonds is 3. The van der Waals surface area contributed by atoms with Gasteiger partial charge < -0.3 is 5.32 Å². The van der Waals surface area contributed by atoms with Gasteiger partial charge in [-0.1, -0.05) is 0 Å². The molecule has 0 aliphatic carbocycles. The van der Waals surface area contributed by atoms with Crippen molar-refractivity contribution in [3.63, 3.8) is 0 Å². The Bertz CT molecular complexity index is 193. The van der Waals surface area contributed by atoms with Crippen LogP contribution in [0.4, 0.5) is 13.2 Å². The molecule has 0 radical (unpaired) electrons. The lowest BCUT2D eigenvalue weighted by Gasteiger charge is -2.03. The van der Waals surface area contributed by atoms with Crippen molar-refractivity contribution in [2.45, 2.75) is 6.18 Å². The molecule has 0 aromatic carbocycles. The molecule has 0 aliphatic rings. The molecule has 0 spiro atoms. The first-order valence-electron chi connectivity index (χ1n) is 2.96. The van der Waals surface area contributed by atoms with E-state index < -0.39 is 12.0 Å². The summed E-state index contributed by atoms with van der Waals surface area (Å²) in [5, 5.41) is 2.65. The summed E-state index contributed by atoms with van der Waals surface area (Å²) in [6, 6.07) is 0. The molecule has 12 heavy (non-hydrogen) atoms. The SMILES string of the molecule is CN/C(=C\C(=O)C(F)(F)F)SC. The molecule has 0 amide bonds. The van der Waals surface area contributed by atoms with Gasteiger partial charge in [0, 0.05) is 13.1 Å². The molecule has 70 valence electrons. The predicted octanol–water partition coefficient (Wildman–Crippen LogP) is 1.54. The van der Waals surface area contributed by atoms with Crippen molar-refractivity contribution in [2.24, 2.45) is 0 Å². The lowest BCUT2D eigenvalue weighted by Crippen LogP contribution is -2.21. The molecule has 6 heteroatoms. The summed E-state index contributed by atoms with van der Waals surface area (Å²) in [5.74, 6) is -1.85. The van der Waals surface area contributed by atoms with E-state index in [0.717, 1.165) is 11.8 Å². The first-order valence-corrected chi connectivity index (χ1v) is 4.19. The van der Waals surface area contributed by atoms with Gasteiger partial charge in [0.2, 0.25) is 0 Å². The van der Waals surface area contributed by atoms with E-state index in [1.54, 1.807) is 6.26 Å². The van der Waals surface area contributed by atoms with E-state index >= 15 is 0 Å². The minimum absolute atomic E-state index is 0.192. The number of halogens is 3. The quantitative estimate of drug-likeness (QED) is 0.699. The molecule has 0 unspecified atom stereocenters. The van der Waals surface area contributed by atoms with Crippen LogP contribution in [-0.2, 0) is 4.79 Å². The Morgan fingerprint density at radius 3 is 2.25 bits per heavy atom. The number of carbonyl (C=O) groups excluding carboxylic acids is 1. The second kappa shape index (κ2) is 4.39. The molecule has 0 aliphatic heterocycles. The lowest BCUT2D eigenvalue weighted by atomic mass is 10.4. The van der Waals surface area contributed by atoms with Gasteiger partial charge in [0.15, 0.2) is 0 Å². The highest BCUT2D eigenvalue weighted by Gasteiger charge is 2.36. The zero-order chi connectivity index (χ0) is 9.78. The fourth-order valence-corrected chi connectivity index (χ4v) is 0.863. The van der Waals surface area contributed by atoms with E-state index in [-0.39, 0.29) is 5.03 Å². The summed E-state index contributed by atoms with van der Waals surface area (Å²) in [7, 11) is 1.45. The predicted molar refractivity (Wildman–Crippen MR) is 41.7 cm³/mol. The monoisotopic (exact) mass is 199 g/mol. The number of ketones is 1. The second-order valence-electron chi connectivity index (χ2n) is 1.82. The fourth-order valence-electron chi connectivity index (χ4n) is 0.434. The van der Waals surface area contributed by atoms with Crippen LogP contribution in [0.2, 0.25) is 0 Å². The smallest absolute Gasteiger partial charge is 0.383 e. The standard InChI is InChI=1S/C6H8F3NOS/c1-10-5(12-2)3-4(11)6(7,8)9/h3,10H,1-2H3/b5-3+. The highest BCUT2D eigenvalue weighted by atomic mass is 32.2. The number of thioether (sulfide) groups is 1. The van der Waals surface area contributed by atoms with Crippen LogP contribution in [0.25, 0.3) is 0 Å². The molecule has 0 bridgehead atoms. The number of allylic oxidation sites excluding steroid dienone is 1. The van der Waals surface area contributed by atoms with Gasteiger partial charge in [-0.25, -0.2) is 0 Å². The Morgan fingerprint density at radius 1 is 1.50 bits per heavy atom. The van der Waals surface area contributed by atoms with Gasteiger partial charge in [-0.2, -0.15) is 13.2 Å². The summed E-state index contributed by atoms with van der Waals surface area (Å²) in [4.78, 5) is 10.3.